The topological polar surface area (TPSA) is 151 Å². The van der Waals surface area contributed by atoms with Gasteiger partial charge in [-0.3, -0.25) is 19.1 Å². The molecule has 1 atom stereocenters. The highest BCUT2D eigenvalue weighted by atomic mass is 35.5. The molecule has 62 heavy (non-hydrogen) atoms. The van der Waals surface area contributed by atoms with E-state index in [4.69, 9.17) is 35.5 Å². The van der Waals surface area contributed by atoms with Crippen molar-refractivity contribution in [2.24, 2.45) is 4.99 Å². The number of carbonyl (C=O) groups excluding carboxylic acids is 2. The van der Waals surface area contributed by atoms with E-state index >= 15 is 0 Å². The maximum atomic E-state index is 13.5. The first-order valence-electron chi connectivity index (χ1n) is 20.7. The molecule has 0 bridgehead atoms. The summed E-state index contributed by atoms with van der Waals surface area (Å²) in [5.41, 5.74) is 8.90. The van der Waals surface area contributed by atoms with Crippen molar-refractivity contribution in [1.82, 2.24) is 19.7 Å². The molecule has 0 radical (unpaired) electrons. The summed E-state index contributed by atoms with van der Waals surface area (Å²) < 4.78 is 24.9. The van der Waals surface area contributed by atoms with E-state index in [0.29, 0.717) is 87.9 Å². The quantitative estimate of drug-likeness (QED) is 0.0765. The molecule has 6 aromatic rings. The van der Waals surface area contributed by atoms with Gasteiger partial charge in [-0.2, -0.15) is 0 Å². The third kappa shape index (κ3) is 10.3. The van der Waals surface area contributed by atoms with Crippen LogP contribution in [0.4, 0.5) is 11.5 Å². The minimum Gasteiger partial charge on any atom is -0.491 e. The standard InChI is InChI=1S/C47H48ClN7O6S/c1-29-30(2)62-47-44(29)45(32-6-8-37(48)9-7-32)52-41(46-54-53-31(3)55(46)47)28-43(57)51-38-10-12-40(13-11-38)61-23-22-60-21-20-59-19-18-58-17-16-50-42-27-35(14-15-49-42)33-4-5-34-25-39(56)26-36(34)24-33/h4-15,24,27,41H,16-23,25-26,28H2,1-3H3,(H,49,50)(H,51,57)/t41-/m0/s1. The summed E-state index contributed by atoms with van der Waals surface area (Å²) >= 11 is 7.91. The number of ketones is 1. The number of aromatic nitrogens is 4. The number of hydrogen-bond donors (Lipinski definition) is 2. The second kappa shape index (κ2) is 20.0. The average molecular weight is 874 g/mol. The zero-order valence-electron chi connectivity index (χ0n) is 34.9. The largest absolute Gasteiger partial charge is 0.491 e. The van der Waals surface area contributed by atoms with E-state index in [-0.39, 0.29) is 18.1 Å². The number of benzene rings is 3. The zero-order chi connectivity index (χ0) is 43.0. The number of anilines is 2. The van der Waals surface area contributed by atoms with Crippen LogP contribution in [0, 0.1) is 20.8 Å². The van der Waals surface area contributed by atoms with Crippen LogP contribution in [0.5, 0.6) is 5.75 Å². The molecular formula is C47H48ClN7O6S. The van der Waals surface area contributed by atoms with Crippen molar-refractivity contribution in [3.63, 3.8) is 0 Å². The second-order valence-corrected chi connectivity index (χ2v) is 16.7. The molecule has 2 N–H and O–H groups in total. The van der Waals surface area contributed by atoms with E-state index in [9.17, 15) is 9.59 Å². The van der Waals surface area contributed by atoms with Crippen LogP contribution in [0.25, 0.3) is 16.1 Å². The van der Waals surface area contributed by atoms with Crippen LogP contribution < -0.4 is 15.4 Å². The predicted octanol–water partition coefficient (Wildman–Crippen LogP) is 8.10. The number of pyridine rings is 1. The Morgan fingerprint density at radius 3 is 2.27 bits per heavy atom. The number of aliphatic imine (C=N–C) groups is 1. The molecule has 1 amide bonds. The summed E-state index contributed by atoms with van der Waals surface area (Å²) in [5, 5.41) is 16.8. The Kier molecular flexibility index (Phi) is 13.8. The first-order chi connectivity index (χ1) is 30.2. The van der Waals surface area contributed by atoms with Crippen LogP contribution in [0.2, 0.25) is 5.02 Å². The fourth-order valence-corrected chi connectivity index (χ4v) is 8.84. The molecule has 320 valence electrons. The minimum absolute atomic E-state index is 0.0728. The van der Waals surface area contributed by atoms with Gasteiger partial charge in [-0.15, -0.1) is 21.5 Å². The van der Waals surface area contributed by atoms with E-state index < -0.39 is 6.04 Å². The van der Waals surface area contributed by atoms with Crippen LogP contribution in [0.15, 0.2) is 90.1 Å². The van der Waals surface area contributed by atoms with E-state index in [0.717, 1.165) is 61.3 Å². The van der Waals surface area contributed by atoms with Crippen molar-refractivity contribution < 1.29 is 28.5 Å². The van der Waals surface area contributed by atoms with Gasteiger partial charge in [-0.25, -0.2) is 4.98 Å². The van der Waals surface area contributed by atoms with Crippen LogP contribution in [0.3, 0.4) is 0 Å². The summed E-state index contributed by atoms with van der Waals surface area (Å²) in [6.45, 7) is 9.84. The number of nitrogens with one attached hydrogen (secondary N) is 2. The SMILES string of the molecule is Cc1sc2c(c1C)C(c1ccc(Cl)cc1)=N[C@@H](CC(=O)Nc1ccc(OCCOCCOCCOCCNc3cc(-c4ccc5c(c4)CC(=O)C5)ccn3)cc1)c1nnc(C)n1-2. The van der Waals surface area contributed by atoms with Gasteiger partial charge in [0.1, 0.15) is 40.8 Å². The van der Waals surface area contributed by atoms with Crippen LogP contribution >= 0.6 is 22.9 Å². The van der Waals surface area contributed by atoms with Crippen molar-refractivity contribution in [2.45, 2.75) is 46.1 Å². The van der Waals surface area contributed by atoms with Crippen molar-refractivity contribution in [3.05, 3.63) is 134 Å². The Bertz CT molecular complexity index is 2570. The van der Waals surface area contributed by atoms with Crippen LogP contribution in [0.1, 0.15) is 56.8 Å². The molecule has 0 saturated carbocycles. The lowest BCUT2D eigenvalue weighted by atomic mass is 9.99. The number of nitrogens with zero attached hydrogens (tertiary/aromatic N) is 5. The number of amides is 1. The Morgan fingerprint density at radius 2 is 1.50 bits per heavy atom. The van der Waals surface area contributed by atoms with Crippen molar-refractivity contribution in [2.75, 3.05) is 63.4 Å². The molecule has 1 aliphatic carbocycles. The van der Waals surface area contributed by atoms with E-state index in [1.165, 1.54) is 4.88 Å². The lowest BCUT2D eigenvalue weighted by Crippen LogP contribution is -2.17. The van der Waals surface area contributed by atoms with Crippen LogP contribution in [-0.4, -0.2) is 89.9 Å². The summed E-state index contributed by atoms with van der Waals surface area (Å²) in [5.74, 6) is 2.87. The summed E-state index contributed by atoms with van der Waals surface area (Å²) in [6, 6.07) is 24.5. The van der Waals surface area contributed by atoms with Gasteiger partial charge in [-0.1, -0.05) is 41.9 Å². The van der Waals surface area contributed by atoms with Gasteiger partial charge in [0.2, 0.25) is 5.91 Å². The predicted molar refractivity (Wildman–Crippen MR) is 241 cm³/mol. The first kappa shape index (κ1) is 42.9. The fraction of sp³-hybridized carbons (Fsp3) is 0.319. The number of carbonyl (C=O) groups is 2. The molecule has 3 aromatic carbocycles. The molecule has 13 nitrogen and oxygen atoms in total. The molecular weight excluding hydrogens is 826 g/mol. The van der Waals surface area contributed by atoms with E-state index in [1.807, 2.05) is 72.2 Å². The molecule has 2 aliphatic rings. The molecule has 15 heteroatoms. The highest BCUT2D eigenvalue weighted by molar-refractivity contribution is 7.15. The molecule has 0 spiro atoms. The molecule has 3 aromatic heterocycles. The number of Topliss-reactive ketones (excluding diaryl/α,β-unsaturated/α-hetero) is 1. The van der Waals surface area contributed by atoms with Crippen LogP contribution in [-0.2, 0) is 36.6 Å². The minimum atomic E-state index is -0.568. The van der Waals surface area contributed by atoms with Crippen molar-refractivity contribution in [1.29, 1.82) is 0 Å². The first-order valence-corrected chi connectivity index (χ1v) is 21.9. The Labute approximate surface area is 369 Å². The molecule has 1 aliphatic heterocycles. The summed E-state index contributed by atoms with van der Waals surface area (Å²) in [6.07, 6.45) is 2.91. The van der Waals surface area contributed by atoms with Gasteiger partial charge in [0.25, 0.3) is 0 Å². The fourth-order valence-electron chi connectivity index (χ4n) is 7.50. The van der Waals surface area contributed by atoms with Gasteiger partial charge in [-0.05, 0) is 97.1 Å². The Balaban J connectivity index is 0.713. The number of aryl methyl sites for hydroxylation is 2. The zero-order valence-corrected chi connectivity index (χ0v) is 36.5. The lowest BCUT2D eigenvalue weighted by molar-refractivity contribution is -0.117. The lowest BCUT2D eigenvalue weighted by Gasteiger charge is -2.13. The third-order valence-corrected chi connectivity index (χ3v) is 12.2. The van der Waals surface area contributed by atoms with E-state index in [1.54, 1.807) is 17.5 Å². The summed E-state index contributed by atoms with van der Waals surface area (Å²) in [4.78, 5) is 36.1. The number of fused-ring (bicyclic) bond motifs is 4. The maximum Gasteiger partial charge on any atom is 0.227 e. The van der Waals surface area contributed by atoms with Gasteiger partial charge < -0.3 is 29.6 Å². The van der Waals surface area contributed by atoms with Gasteiger partial charge in [0, 0.05) is 52.3 Å². The van der Waals surface area contributed by atoms with Crippen molar-refractivity contribution in [3.8, 4) is 21.9 Å². The Morgan fingerprint density at radius 1 is 0.806 bits per heavy atom. The molecule has 0 fully saturated rings. The number of thiophene rings is 1. The highest BCUT2D eigenvalue weighted by Gasteiger charge is 2.32. The highest BCUT2D eigenvalue weighted by Crippen LogP contribution is 2.40. The average Bonchev–Trinajstić information content (AvgIpc) is 3.91. The number of hydrogen-bond acceptors (Lipinski definition) is 12. The van der Waals surface area contributed by atoms with Gasteiger partial charge >= 0.3 is 0 Å². The van der Waals surface area contributed by atoms with E-state index in [2.05, 4.69) is 57.9 Å². The second-order valence-electron chi connectivity index (χ2n) is 15.1. The Hall–Kier alpha value is -5.77. The molecule has 0 saturated heterocycles. The molecule has 0 unspecified atom stereocenters. The smallest absolute Gasteiger partial charge is 0.227 e. The molecule has 8 rings (SSSR count). The number of ether oxygens (including phenoxy) is 4. The van der Waals surface area contributed by atoms with Gasteiger partial charge in [0.05, 0.1) is 51.8 Å². The monoisotopic (exact) mass is 873 g/mol. The number of rotatable bonds is 19. The normalized spacial score (nSPS) is 14.2. The molecule has 4 heterocycles. The number of halogens is 1. The van der Waals surface area contributed by atoms with Gasteiger partial charge in [0.15, 0.2) is 5.82 Å². The summed E-state index contributed by atoms with van der Waals surface area (Å²) in [7, 11) is 0. The third-order valence-electron chi connectivity index (χ3n) is 10.7. The maximum absolute atomic E-state index is 13.5. The van der Waals surface area contributed by atoms with Crippen molar-refractivity contribution >= 4 is 51.8 Å².